The van der Waals surface area contributed by atoms with E-state index >= 15 is 0 Å². The molecule has 0 saturated heterocycles. The van der Waals surface area contributed by atoms with Crippen molar-refractivity contribution in [2.75, 3.05) is 7.11 Å². The summed E-state index contributed by atoms with van der Waals surface area (Å²) in [6, 6.07) is 19.2. The number of nitrogens with zero attached hydrogens (tertiary/aromatic N) is 5. The number of benzene rings is 3. The first kappa shape index (κ1) is 36.1. The van der Waals surface area contributed by atoms with Gasteiger partial charge in [0.1, 0.15) is 32.0 Å². The number of carbonyl (C=O) groups excluding carboxylic acids is 1. The number of ether oxygens (including phenoxy) is 1. The highest BCUT2D eigenvalue weighted by atomic mass is 35.5. The lowest BCUT2D eigenvalue weighted by Crippen LogP contribution is -2.52. The quantitative estimate of drug-likeness (QED) is 0.0807. The summed E-state index contributed by atoms with van der Waals surface area (Å²) in [5.74, 6) is -0.737. The first-order valence-corrected chi connectivity index (χ1v) is 15.4. The minimum atomic E-state index is -4.49. The molecule has 0 radical (unpaired) electrons. The number of carbonyl (C=O) groups is 1. The molecule has 1 heterocycles. The third-order valence-electron chi connectivity index (χ3n) is 7.95. The molecule has 3 aromatic carbocycles. The molecule has 254 valence electrons. The van der Waals surface area contributed by atoms with Crippen LogP contribution in [0.3, 0.4) is 0 Å². The molecule has 0 amide bonds. The number of hydrogen-bond acceptors (Lipinski definition) is 8. The van der Waals surface area contributed by atoms with Crippen molar-refractivity contribution in [2.24, 2.45) is 15.7 Å². The Hall–Kier alpha value is -4.71. The Bertz CT molecular complexity index is 1740. The van der Waals surface area contributed by atoms with Crippen LogP contribution in [0, 0.1) is 5.41 Å². The standard InChI is InChI=1S/C35H37ClF3N5O4/c1-24(26-10-8-11-28(19-26)35(37,38)39)42-47-20-27-9-6-7-12-30(27)31(43-46-5)32(45)48-34(33(2,3)4,21-44-23-40-22-41-44)18-17-25-13-15-29(36)16-14-25/h6-16,19,22-23H,17-18,20-21H2,1-5H3/b42-24+,43-31+. The zero-order valence-electron chi connectivity index (χ0n) is 27.3. The van der Waals surface area contributed by atoms with Gasteiger partial charge < -0.3 is 14.4 Å². The number of esters is 1. The average Bonchev–Trinajstić information content (AvgIpc) is 3.55. The van der Waals surface area contributed by atoms with E-state index in [0.29, 0.717) is 29.0 Å². The summed E-state index contributed by atoms with van der Waals surface area (Å²) in [6.07, 6.45) is -0.508. The Morgan fingerprint density at radius 2 is 1.71 bits per heavy atom. The van der Waals surface area contributed by atoms with Gasteiger partial charge in [0.15, 0.2) is 5.71 Å². The highest BCUT2D eigenvalue weighted by Gasteiger charge is 2.47. The van der Waals surface area contributed by atoms with E-state index in [4.69, 9.17) is 26.0 Å². The SMILES string of the molecule is CO/N=C(/C(=O)OC(CCc1ccc(Cl)cc1)(Cn1cncn1)C(C)(C)C)c1ccccc1CO/N=C(\C)c1cccc(C(F)(F)F)c1. The Morgan fingerprint density at radius 1 is 0.979 bits per heavy atom. The highest BCUT2D eigenvalue weighted by Crippen LogP contribution is 2.40. The molecule has 0 aliphatic heterocycles. The van der Waals surface area contributed by atoms with Crippen molar-refractivity contribution in [3.63, 3.8) is 0 Å². The maximum atomic E-state index is 14.2. The number of alkyl halides is 3. The number of halogens is 4. The van der Waals surface area contributed by atoms with E-state index in [1.165, 1.54) is 25.6 Å². The second-order valence-electron chi connectivity index (χ2n) is 12.2. The van der Waals surface area contributed by atoms with Crippen molar-refractivity contribution >= 4 is 29.0 Å². The van der Waals surface area contributed by atoms with Crippen molar-refractivity contribution < 1.29 is 32.4 Å². The summed E-state index contributed by atoms with van der Waals surface area (Å²) in [7, 11) is 1.32. The highest BCUT2D eigenvalue weighted by molar-refractivity contribution is 6.43. The van der Waals surface area contributed by atoms with Crippen molar-refractivity contribution in [3.8, 4) is 0 Å². The Balaban J connectivity index is 1.62. The maximum absolute atomic E-state index is 14.2. The third-order valence-corrected chi connectivity index (χ3v) is 8.20. The minimum Gasteiger partial charge on any atom is -0.452 e. The van der Waals surface area contributed by atoms with Crippen molar-refractivity contribution in [1.29, 1.82) is 0 Å². The zero-order valence-corrected chi connectivity index (χ0v) is 28.0. The van der Waals surface area contributed by atoms with Crippen LogP contribution in [-0.2, 0) is 45.0 Å². The number of rotatable bonds is 13. The second kappa shape index (κ2) is 15.5. The molecule has 4 rings (SSSR count). The van der Waals surface area contributed by atoms with Crippen LogP contribution >= 0.6 is 11.6 Å². The monoisotopic (exact) mass is 683 g/mol. The molecule has 4 aromatic rings. The number of aryl methyl sites for hydroxylation is 1. The lowest BCUT2D eigenvalue weighted by atomic mass is 9.72. The molecule has 0 aliphatic carbocycles. The van der Waals surface area contributed by atoms with E-state index in [0.717, 1.165) is 17.7 Å². The Morgan fingerprint density at radius 3 is 2.35 bits per heavy atom. The molecule has 48 heavy (non-hydrogen) atoms. The van der Waals surface area contributed by atoms with Crippen LogP contribution < -0.4 is 0 Å². The first-order chi connectivity index (χ1) is 22.7. The lowest BCUT2D eigenvalue weighted by molar-refractivity contribution is -0.170. The molecular formula is C35H37ClF3N5O4. The molecular weight excluding hydrogens is 647 g/mol. The first-order valence-electron chi connectivity index (χ1n) is 15.1. The number of aromatic nitrogens is 3. The molecule has 0 aliphatic rings. The van der Waals surface area contributed by atoms with Crippen LogP contribution in [0.25, 0.3) is 0 Å². The number of hydrogen-bond donors (Lipinski definition) is 0. The maximum Gasteiger partial charge on any atom is 0.416 e. The minimum absolute atomic E-state index is 0.103. The van der Waals surface area contributed by atoms with E-state index in [9.17, 15) is 18.0 Å². The van der Waals surface area contributed by atoms with Gasteiger partial charge in [-0.1, -0.05) is 91.2 Å². The Labute approximate surface area is 282 Å². The molecule has 0 spiro atoms. The fourth-order valence-electron chi connectivity index (χ4n) is 5.06. The molecule has 0 saturated carbocycles. The molecule has 1 atom stereocenters. The zero-order chi connectivity index (χ0) is 35.0. The lowest BCUT2D eigenvalue weighted by Gasteiger charge is -2.44. The van der Waals surface area contributed by atoms with Crippen LogP contribution in [0.15, 0.2) is 95.8 Å². The van der Waals surface area contributed by atoms with Gasteiger partial charge in [0.2, 0.25) is 0 Å². The van der Waals surface area contributed by atoms with Crippen LogP contribution in [-0.4, -0.2) is 44.9 Å². The third kappa shape index (κ3) is 9.21. The second-order valence-corrected chi connectivity index (χ2v) is 12.6. The molecule has 0 bridgehead atoms. The van der Waals surface area contributed by atoms with Gasteiger partial charge in [-0.15, -0.1) is 0 Å². The molecule has 1 aromatic heterocycles. The van der Waals surface area contributed by atoms with Crippen LogP contribution in [0.1, 0.15) is 61.9 Å². The normalized spacial score (nSPS) is 13.9. The fraction of sp³-hybridized carbons (Fsp3) is 0.343. The van der Waals surface area contributed by atoms with Crippen LogP contribution in [0.5, 0.6) is 0 Å². The van der Waals surface area contributed by atoms with E-state index in [2.05, 4.69) is 20.4 Å². The van der Waals surface area contributed by atoms with E-state index in [1.807, 2.05) is 45.0 Å². The fourth-order valence-corrected chi connectivity index (χ4v) is 5.19. The van der Waals surface area contributed by atoms with Gasteiger partial charge in [-0.25, -0.2) is 14.5 Å². The summed E-state index contributed by atoms with van der Waals surface area (Å²) >= 11 is 6.10. The predicted molar refractivity (Wildman–Crippen MR) is 177 cm³/mol. The summed E-state index contributed by atoms with van der Waals surface area (Å²) in [5.41, 5.74) is -0.170. The molecule has 0 N–H and O–H groups in total. The van der Waals surface area contributed by atoms with Crippen molar-refractivity contribution in [1.82, 2.24) is 14.8 Å². The summed E-state index contributed by atoms with van der Waals surface area (Å²) in [5, 5.41) is 13.0. The predicted octanol–water partition coefficient (Wildman–Crippen LogP) is 7.90. The van der Waals surface area contributed by atoms with Gasteiger partial charge >= 0.3 is 12.1 Å². The van der Waals surface area contributed by atoms with E-state index < -0.39 is 28.7 Å². The van der Waals surface area contributed by atoms with Gasteiger partial charge in [0, 0.05) is 21.6 Å². The van der Waals surface area contributed by atoms with E-state index in [1.54, 1.807) is 42.2 Å². The smallest absolute Gasteiger partial charge is 0.416 e. The van der Waals surface area contributed by atoms with Crippen LogP contribution in [0.4, 0.5) is 13.2 Å². The van der Waals surface area contributed by atoms with Gasteiger partial charge in [0.25, 0.3) is 0 Å². The molecule has 9 nitrogen and oxygen atoms in total. The van der Waals surface area contributed by atoms with Gasteiger partial charge in [-0.3, -0.25) is 0 Å². The van der Waals surface area contributed by atoms with Gasteiger partial charge in [0.05, 0.1) is 17.8 Å². The molecule has 1 unspecified atom stereocenters. The van der Waals surface area contributed by atoms with Crippen molar-refractivity contribution in [3.05, 3.63) is 118 Å². The van der Waals surface area contributed by atoms with Gasteiger partial charge in [-0.05, 0) is 55.2 Å². The largest absolute Gasteiger partial charge is 0.452 e. The summed E-state index contributed by atoms with van der Waals surface area (Å²) in [6.45, 7) is 7.59. The number of oxime groups is 2. The Kier molecular flexibility index (Phi) is 11.6. The molecule has 0 fully saturated rings. The van der Waals surface area contributed by atoms with Gasteiger partial charge in [-0.2, -0.15) is 18.3 Å². The van der Waals surface area contributed by atoms with E-state index in [-0.39, 0.29) is 30.1 Å². The molecule has 13 heteroatoms. The van der Waals surface area contributed by atoms with Crippen LogP contribution in [0.2, 0.25) is 5.02 Å². The van der Waals surface area contributed by atoms with Crippen molar-refractivity contribution in [2.45, 2.75) is 65.5 Å². The summed E-state index contributed by atoms with van der Waals surface area (Å²) < 4.78 is 47.7. The topological polar surface area (TPSA) is 100 Å². The average molecular weight is 684 g/mol. The summed E-state index contributed by atoms with van der Waals surface area (Å²) in [4.78, 5) is 28.9.